The second-order valence-corrected chi connectivity index (χ2v) is 7.69. The summed E-state index contributed by atoms with van der Waals surface area (Å²) < 4.78 is 6.18. The van der Waals surface area contributed by atoms with Crippen LogP contribution in [-0.2, 0) is 0 Å². The minimum absolute atomic E-state index is 0.313. The third-order valence-electron chi connectivity index (χ3n) is 5.04. The summed E-state index contributed by atoms with van der Waals surface area (Å²) in [6, 6.07) is 7.82. The Morgan fingerprint density at radius 1 is 1.09 bits per heavy atom. The fraction of sp³-hybridized carbons (Fsp3) is 0.500. The third kappa shape index (κ3) is 3.72. The van der Waals surface area contributed by atoms with Crippen molar-refractivity contribution in [2.75, 3.05) is 0 Å². The first-order chi connectivity index (χ1) is 11.0. The molecule has 0 bridgehead atoms. The van der Waals surface area contributed by atoms with Crippen LogP contribution in [0.5, 0.6) is 5.75 Å². The number of rotatable bonds is 3. The molecule has 0 N–H and O–H groups in total. The molecule has 2 aromatic rings. The Morgan fingerprint density at radius 3 is 2.48 bits per heavy atom. The number of fused-ring (bicyclic) bond motifs is 1. The monoisotopic (exact) mass is 311 g/mol. The van der Waals surface area contributed by atoms with Crippen molar-refractivity contribution in [3.63, 3.8) is 0 Å². The molecule has 0 atom stereocenters. The molecule has 0 saturated heterocycles. The first kappa shape index (κ1) is 16.0. The molecule has 0 spiro atoms. The van der Waals surface area contributed by atoms with Gasteiger partial charge in [0.2, 0.25) is 0 Å². The van der Waals surface area contributed by atoms with Gasteiger partial charge in [-0.15, -0.1) is 0 Å². The zero-order valence-corrected chi connectivity index (χ0v) is 14.2. The van der Waals surface area contributed by atoms with E-state index in [2.05, 4.69) is 25.8 Å². The van der Waals surface area contributed by atoms with Crippen molar-refractivity contribution in [2.45, 2.75) is 52.6 Å². The van der Waals surface area contributed by atoms with Crippen LogP contribution in [0.4, 0.5) is 0 Å². The van der Waals surface area contributed by atoms with Gasteiger partial charge in [-0.3, -0.25) is 9.78 Å². The zero-order chi connectivity index (χ0) is 16.4. The average Bonchev–Trinajstić information content (AvgIpc) is 2.54. The number of aldehydes is 1. The molecule has 1 aromatic carbocycles. The van der Waals surface area contributed by atoms with Crippen LogP contribution in [0.1, 0.15) is 56.9 Å². The molecule has 1 aromatic heterocycles. The standard InChI is InChI=1S/C20H25NO2/c1-20(2,3)16-5-8-18(9-6-16)23-19-7-4-14-10-17(13-22)21-12-15(14)11-19/h4,7,10-13,16,18H,5-6,8-9H2,1-3H3/t16-,18-. The van der Waals surface area contributed by atoms with Gasteiger partial charge in [-0.2, -0.15) is 0 Å². The molecule has 1 aliphatic carbocycles. The van der Waals surface area contributed by atoms with Gasteiger partial charge in [0.05, 0.1) is 6.10 Å². The minimum atomic E-state index is 0.313. The fourth-order valence-electron chi connectivity index (χ4n) is 3.51. The summed E-state index contributed by atoms with van der Waals surface area (Å²) in [4.78, 5) is 14.9. The van der Waals surface area contributed by atoms with Gasteiger partial charge in [-0.1, -0.05) is 26.8 Å². The first-order valence-corrected chi connectivity index (χ1v) is 8.47. The number of benzene rings is 1. The van der Waals surface area contributed by atoms with E-state index in [-0.39, 0.29) is 0 Å². The number of hydrogen-bond acceptors (Lipinski definition) is 3. The van der Waals surface area contributed by atoms with E-state index in [1.54, 1.807) is 12.3 Å². The van der Waals surface area contributed by atoms with Gasteiger partial charge in [0.1, 0.15) is 11.4 Å². The molecule has 3 rings (SSSR count). The molecule has 122 valence electrons. The molecule has 0 amide bonds. The summed E-state index contributed by atoms with van der Waals surface area (Å²) in [5, 5.41) is 2.03. The largest absolute Gasteiger partial charge is 0.490 e. The van der Waals surface area contributed by atoms with Crippen LogP contribution in [0, 0.1) is 11.3 Å². The van der Waals surface area contributed by atoms with Crippen molar-refractivity contribution < 1.29 is 9.53 Å². The van der Waals surface area contributed by atoms with E-state index >= 15 is 0 Å². The summed E-state index contributed by atoms with van der Waals surface area (Å²) >= 11 is 0. The van der Waals surface area contributed by atoms with Crippen molar-refractivity contribution in [2.24, 2.45) is 11.3 Å². The van der Waals surface area contributed by atoms with Crippen LogP contribution >= 0.6 is 0 Å². The highest BCUT2D eigenvalue weighted by Gasteiger charge is 2.30. The van der Waals surface area contributed by atoms with Gasteiger partial charge < -0.3 is 4.74 Å². The summed E-state index contributed by atoms with van der Waals surface area (Å²) in [7, 11) is 0. The van der Waals surface area contributed by atoms with E-state index in [1.807, 2.05) is 18.2 Å². The molecule has 0 unspecified atom stereocenters. The summed E-state index contributed by atoms with van der Waals surface area (Å²) in [5.74, 6) is 1.70. The van der Waals surface area contributed by atoms with E-state index in [0.29, 0.717) is 17.2 Å². The molecule has 23 heavy (non-hydrogen) atoms. The first-order valence-electron chi connectivity index (χ1n) is 8.47. The summed E-state index contributed by atoms with van der Waals surface area (Å²) in [6.45, 7) is 7.01. The average molecular weight is 311 g/mol. The predicted octanol–water partition coefficient (Wildman–Crippen LogP) is 5.03. The molecular formula is C20H25NO2. The van der Waals surface area contributed by atoms with Crippen LogP contribution in [0.25, 0.3) is 10.8 Å². The third-order valence-corrected chi connectivity index (χ3v) is 5.04. The Morgan fingerprint density at radius 2 is 1.83 bits per heavy atom. The second kappa shape index (κ2) is 6.31. The molecule has 1 heterocycles. The Bertz CT molecular complexity index is 694. The van der Waals surface area contributed by atoms with Crippen LogP contribution in [0.3, 0.4) is 0 Å². The number of ether oxygens (including phenoxy) is 1. The smallest absolute Gasteiger partial charge is 0.168 e. The van der Waals surface area contributed by atoms with Crippen LogP contribution in [0.2, 0.25) is 0 Å². The van der Waals surface area contributed by atoms with Crippen molar-refractivity contribution >= 4 is 17.1 Å². The van der Waals surface area contributed by atoms with Gasteiger partial charge in [0.15, 0.2) is 6.29 Å². The van der Waals surface area contributed by atoms with Crippen molar-refractivity contribution in [1.82, 2.24) is 4.98 Å². The number of nitrogens with zero attached hydrogens (tertiary/aromatic N) is 1. The molecule has 1 aliphatic rings. The highest BCUT2D eigenvalue weighted by Crippen LogP contribution is 2.38. The lowest BCUT2D eigenvalue weighted by molar-refractivity contribution is 0.0883. The van der Waals surface area contributed by atoms with Crippen molar-refractivity contribution in [1.29, 1.82) is 0 Å². The number of carbonyl (C=O) groups is 1. The lowest BCUT2D eigenvalue weighted by Crippen LogP contribution is -2.30. The lowest BCUT2D eigenvalue weighted by Gasteiger charge is -2.36. The van der Waals surface area contributed by atoms with Gasteiger partial charge >= 0.3 is 0 Å². The molecule has 1 fully saturated rings. The van der Waals surface area contributed by atoms with Crippen molar-refractivity contribution in [3.8, 4) is 5.75 Å². The summed E-state index contributed by atoms with van der Waals surface area (Å²) in [6.07, 6.45) is 7.57. The SMILES string of the molecule is CC(C)(C)[C@H]1CC[C@H](Oc2ccc3cc(C=O)ncc3c2)CC1. The maximum absolute atomic E-state index is 10.8. The number of pyridine rings is 1. The van der Waals surface area contributed by atoms with Crippen molar-refractivity contribution in [3.05, 3.63) is 36.2 Å². The predicted molar refractivity (Wildman–Crippen MR) is 93.0 cm³/mol. The molecular weight excluding hydrogens is 286 g/mol. The van der Waals surface area contributed by atoms with Crippen LogP contribution in [0.15, 0.2) is 30.5 Å². The second-order valence-electron chi connectivity index (χ2n) is 7.69. The topological polar surface area (TPSA) is 39.2 Å². The Balaban J connectivity index is 1.67. The molecule has 0 aliphatic heterocycles. The Kier molecular flexibility index (Phi) is 4.38. The zero-order valence-electron chi connectivity index (χ0n) is 14.2. The molecule has 0 radical (unpaired) electrons. The van der Waals surface area contributed by atoms with E-state index < -0.39 is 0 Å². The maximum Gasteiger partial charge on any atom is 0.168 e. The fourth-order valence-corrected chi connectivity index (χ4v) is 3.51. The highest BCUT2D eigenvalue weighted by atomic mass is 16.5. The normalized spacial score (nSPS) is 22.0. The van der Waals surface area contributed by atoms with E-state index in [0.717, 1.165) is 41.6 Å². The molecule has 1 saturated carbocycles. The van der Waals surface area contributed by atoms with Crippen LogP contribution < -0.4 is 4.74 Å². The highest BCUT2D eigenvalue weighted by molar-refractivity contribution is 5.87. The lowest BCUT2D eigenvalue weighted by atomic mass is 9.72. The molecule has 3 nitrogen and oxygen atoms in total. The van der Waals surface area contributed by atoms with Crippen LogP contribution in [-0.4, -0.2) is 17.4 Å². The van der Waals surface area contributed by atoms with E-state index in [1.165, 1.54) is 12.8 Å². The summed E-state index contributed by atoms with van der Waals surface area (Å²) in [5.41, 5.74) is 0.863. The van der Waals surface area contributed by atoms with Gasteiger partial charge in [-0.05, 0) is 60.6 Å². The maximum atomic E-state index is 10.8. The number of carbonyl (C=O) groups excluding carboxylic acids is 1. The van der Waals surface area contributed by atoms with Gasteiger partial charge in [0.25, 0.3) is 0 Å². The quantitative estimate of drug-likeness (QED) is 0.746. The van der Waals surface area contributed by atoms with E-state index in [4.69, 9.17) is 4.74 Å². The van der Waals surface area contributed by atoms with Gasteiger partial charge in [0, 0.05) is 11.6 Å². The Labute approximate surface area is 138 Å². The number of aromatic nitrogens is 1. The van der Waals surface area contributed by atoms with E-state index in [9.17, 15) is 4.79 Å². The minimum Gasteiger partial charge on any atom is -0.490 e. The number of hydrogen-bond donors (Lipinski definition) is 0. The van der Waals surface area contributed by atoms with Gasteiger partial charge in [-0.25, -0.2) is 0 Å². The molecule has 3 heteroatoms. The Hall–Kier alpha value is -1.90.